The minimum absolute atomic E-state index is 0.0524. The second-order valence-corrected chi connectivity index (χ2v) is 11.3. The standard InChI is InChI=1S/C26H23ClN2O5S/c1-35(30,31)18-8-6-16(7-9-18)15-2-4-17(5-3-15)19-12-21-22(13-20(19)27)29-26(28-21)34-24-14-33-23-10-11-32-25(23)24/h2-9,12-13,23-25H,10-11,14H2,1H3,(H,28,29)/t23-,24-,25+/m0/s1. The van der Waals surface area contributed by atoms with E-state index in [0.29, 0.717) is 29.1 Å². The lowest BCUT2D eigenvalue weighted by atomic mass is 10.00. The minimum Gasteiger partial charge on any atom is -0.456 e. The molecule has 6 rings (SSSR count). The second-order valence-electron chi connectivity index (χ2n) is 8.92. The largest absolute Gasteiger partial charge is 0.456 e. The number of aromatic amines is 1. The fourth-order valence-corrected chi connectivity index (χ4v) is 5.60. The first-order valence-corrected chi connectivity index (χ1v) is 13.6. The molecule has 7 nitrogen and oxygen atoms in total. The SMILES string of the molecule is CS(=O)(=O)c1ccc(-c2ccc(-c3cc4nc(O[C@H]5CO[C@H]6CCO[C@H]65)[nH]c4cc3Cl)cc2)cc1. The molecule has 35 heavy (non-hydrogen) atoms. The number of rotatable bonds is 5. The zero-order chi connectivity index (χ0) is 24.2. The predicted octanol–water partition coefficient (Wildman–Crippen LogP) is 4.89. The van der Waals surface area contributed by atoms with Crippen molar-refractivity contribution in [2.45, 2.75) is 29.6 Å². The van der Waals surface area contributed by atoms with E-state index in [9.17, 15) is 8.42 Å². The van der Waals surface area contributed by atoms with E-state index >= 15 is 0 Å². The van der Waals surface area contributed by atoms with Crippen LogP contribution in [0.3, 0.4) is 0 Å². The first-order chi connectivity index (χ1) is 16.8. The van der Waals surface area contributed by atoms with Crippen LogP contribution in [0.1, 0.15) is 6.42 Å². The Morgan fingerprint density at radius 1 is 1.00 bits per heavy atom. The molecule has 0 spiro atoms. The number of aromatic nitrogens is 2. The molecule has 9 heteroatoms. The van der Waals surface area contributed by atoms with E-state index in [1.165, 1.54) is 6.26 Å². The van der Waals surface area contributed by atoms with E-state index in [1.807, 2.05) is 48.5 Å². The van der Waals surface area contributed by atoms with Gasteiger partial charge in [0.15, 0.2) is 15.9 Å². The minimum atomic E-state index is -3.22. The van der Waals surface area contributed by atoms with Crippen LogP contribution in [0.5, 0.6) is 6.01 Å². The fraction of sp³-hybridized carbons (Fsp3) is 0.269. The Labute approximate surface area is 207 Å². The van der Waals surface area contributed by atoms with Gasteiger partial charge in [-0.2, -0.15) is 4.98 Å². The van der Waals surface area contributed by atoms with Gasteiger partial charge in [-0.25, -0.2) is 8.42 Å². The summed E-state index contributed by atoms with van der Waals surface area (Å²) in [7, 11) is -3.22. The zero-order valence-electron chi connectivity index (χ0n) is 18.9. The van der Waals surface area contributed by atoms with Crippen molar-refractivity contribution in [1.29, 1.82) is 0 Å². The number of hydrogen-bond donors (Lipinski definition) is 1. The Morgan fingerprint density at radius 2 is 1.69 bits per heavy atom. The van der Waals surface area contributed by atoms with Crippen molar-refractivity contribution in [3.63, 3.8) is 0 Å². The molecule has 180 valence electrons. The lowest BCUT2D eigenvalue weighted by Gasteiger charge is -2.15. The Kier molecular flexibility index (Phi) is 5.56. The van der Waals surface area contributed by atoms with Crippen LogP contribution in [0.2, 0.25) is 5.02 Å². The normalized spacial score (nSPS) is 21.9. The first-order valence-electron chi connectivity index (χ1n) is 11.4. The molecule has 0 amide bonds. The monoisotopic (exact) mass is 510 g/mol. The molecular formula is C26H23ClN2O5S. The van der Waals surface area contributed by atoms with Crippen molar-refractivity contribution in [3.8, 4) is 28.3 Å². The summed E-state index contributed by atoms with van der Waals surface area (Å²) in [5.41, 5.74) is 5.27. The summed E-state index contributed by atoms with van der Waals surface area (Å²) >= 11 is 6.62. The van der Waals surface area contributed by atoms with E-state index in [0.717, 1.165) is 39.7 Å². The van der Waals surface area contributed by atoms with Crippen molar-refractivity contribution in [3.05, 3.63) is 65.7 Å². The predicted molar refractivity (Wildman–Crippen MR) is 134 cm³/mol. The van der Waals surface area contributed by atoms with Crippen molar-refractivity contribution in [1.82, 2.24) is 9.97 Å². The molecule has 0 unspecified atom stereocenters. The van der Waals surface area contributed by atoms with Crippen molar-refractivity contribution < 1.29 is 22.6 Å². The van der Waals surface area contributed by atoms with Gasteiger partial charge in [0.1, 0.15) is 6.10 Å². The van der Waals surface area contributed by atoms with Crippen LogP contribution in [-0.4, -0.2) is 56.2 Å². The molecule has 3 aromatic carbocycles. The second kappa shape index (κ2) is 8.64. The number of nitrogens with one attached hydrogen (secondary N) is 1. The molecule has 3 heterocycles. The van der Waals surface area contributed by atoms with Gasteiger partial charge in [-0.15, -0.1) is 0 Å². The molecule has 3 atom stereocenters. The van der Waals surface area contributed by atoms with Crippen molar-refractivity contribution in [2.24, 2.45) is 0 Å². The Hall–Kier alpha value is -2.91. The number of halogens is 1. The Balaban J connectivity index is 1.24. The van der Waals surface area contributed by atoms with E-state index in [-0.39, 0.29) is 18.3 Å². The molecule has 2 aliphatic rings. The first kappa shape index (κ1) is 22.5. The van der Waals surface area contributed by atoms with Gasteiger partial charge in [0, 0.05) is 18.4 Å². The van der Waals surface area contributed by atoms with Gasteiger partial charge in [0.25, 0.3) is 6.01 Å². The smallest absolute Gasteiger partial charge is 0.295 e. The lowest BCUT2D eigenvalue weighted by molar-refractivity contribution is 0.0273. The summed E-state index contributed by atoms with van der Waals surface area (Å²) in [6, 6.07) is 19.0. The van der Waals surface area contributed by atoms with Gasteiger partial charge < -0.3 is 19.2 Å². The topological polar surface area (TPSA) is 90.5 Å². The number of imidazole rings is 1. The van der Waals surface area contributed by atoms with Gasteiger partial charge in [0.05, 0.1) is 33.7 Å². The highest BCUT2D eigenvalue weighted by atomic mass is 35.5. The van der Waals surface area contributed by atoms with Crippen LogP contribution >= 0.6 is 11.6 Å². The number of benzene rings is 3. The maximum absolute atomic E-state index is 11.7. The molecule has 0 bridgehead atoms. The highest BCUT2D eigenvalue weighted by Gasteiger charge is 2.43. The zero-order valence-corrected chi connectivity index (χ0v) is 20.5. The van der Waals surface area contributed by atoms with E-state index in [1.54, 1.807) is 12.1 Å². The fourth-order valence-electron chi connectivity index (χ4n) is 4.70. The number of H-pyrrole nitrogens is 1. The maximum Gasteiger partial charge on any atom is 0.295 e. The average molecular weight is 511 g/mol. The Bertz CT molecular complexity index is 1500. The quantitative estimate of drug-likeness (QED) is 0.411. The number of nitrogens with zero attached hydrogens (tertiary/aromatic N) is 1. The van der Waals surface area contributed by atoms with Crippen LogP contribution in [0, 0.1) is 0 Å². The van der Waals surface area contributed by atoms with E-state index in [4.69, 9.17) is 25.8 Å². The van der Waals surface area contributed by atoms with Gasteiger partial charge in [-0.3, -0.25) is 0 Å². The summed E-state index contributed by atoms with van der Waals surface area (Å²) in [5.74, 6) is 0. The third-order valence-electron chi connectivity index (χ3n) is 6.54. The average Bonchev–Trinajstić information content (AvgIpc) is 3.55. The van der Waals surface area contributed by atoms with Crippen LogP contribution in [0.15, 0.2) is 65.6 Å². The van der Waals surface area contributed by atoms with Gasteiger partial charge in [0.2, 0.25) is 0 Å². The molecule has 2 aliphatic heterocycles. The van der Waals surface area contributed by atoms with Crippen LogP contribution < -0.4 is 4.74 Å². The molecule has 1 aromatic heterocycles. The molecule has 4 aromatic rings. The van der Waals surface area contributed by atoms with Gasteiger partial charge >= 0.3 is 0 Å². The molecule has 0 saturated carbocycles. The molecular weight excluding hydrogens is 488 g/mol. The Morgan fingerprint density at radius 3 is 2.40 bits per heavy atom. The molecule has 0 radical (unpaired) electrons. The highest BCUT2D eigenvalue weighted by molar-refractivity contribution is 7.90. The molecule has 0 aliphatic carbocycles. The number of ether oxygens (including phenoxy) is 3. The third kappa shape index (κ3) is 4.31. The summed E-state index contributed by atoms with van der Waals surface area (Å²) in [6.07, 6.45) is 1.97. The maximum atomic E-state index is 11.7. The number of hydrogen-bond acceptors (Lipinski definition) is 6. The summed E-state index contributed by atoms with van der Waals surface area (Å²) in [5, 5.41) is 0.598. The molecule has 2 fully saturated rings. The van der Waals surface area contributed by atoms with Crippen molar-refractivity contribution in [2.75, 3.05) is 19.5 Å². The number of sulfone groups is 1. The van der Waals surface area contributed by atoms with E-state index in [2.05, 4.69) is 9.97 Å². The summed E-state index contributed by atoms with van der Waals surface area (Å²) < 4.78 is 41.0. The summed E-state index contributed by atoms with van der Waals surface area (Å²) in [6.45, 7) is 1.18. The molecule has 2 saturated heterocycles. The number of fused-ring (bicyclic) bond motifs is 2. The van der Waals surface area contributed by atoms with Gasteiger partial charge in [-0.1, -0.05) is 48.0 Å². The van der Waals surface area contributed by atoms with Gasteiger partial charge in [-0.05, 0) is 47.4 Å². The van der Waals surface area contributed by atoms with E-state index < -0.39 is 9.84 Å². The lowest BCUT2D eigenvalue weighted by Crippen LogP contribution is -2.32. The summed E-state index contributed by atoms with van der Waals surface area (Å²) in [4.78, 5) is 8.11. The van der Waals surface area contributed by atoms with Crippen LogP contribution in [0.25, 0.3) is 33.3 Å². The van der Waals surface area contributed by atoms with Crippen LogP contribution in [-0.2, 0) is 19.3 Å². The van der Waals surface area contributed by atoms with Crippen molar-refractivity contribution >= 4 is 32.5 Å². The molecule has 1 N–H and O–H groups in total. The third-order valence-corrected chi connectivity index (χ3v) is 7.98. The highest BCUT2D eigenvalue weighted by Crippen LogP contribution is 2.35. The van der Waals surface area contributed by atoms with Crippen LogP contribution in [0.4, 0.5) is 0 Å².